The maximum atomic E-state index is 12.2. The number of carbonyl (C=O) groups excluding carboxylic acids is 1. The molecule has 4 rings (SSSR count). The number of hydrogen-bond donors (Lipinski definition) is 1. The summed E-state index contributed by atoms with van der Waals surface area (Å²) in [5.74, 6) is -0.00343. The molecule has 2 aliphatic heterocycles. The highest BCUT2D eigenvalue weighted by Gasteiger charge is 2.28. The molecule has 1 amide bonds. The smallest absolute Gasteiger partial charge is 0.328 e. The lowest BCUT2D eigenvalue weighted by molar-refractivity contribution is -0.132. The summed E-state index contributed by atoms with van der Waals surface area (Å²) in [6.45, 7) is 5.69. The normalized spacial score (nSPS) is 18.0. The maximum absolute atomic E-state index is 12.2. The van der Waals surface area contributed by atoms with Crippen molar-refractivity contribution < 1.29 is 24.0 Å². The molecule has 4 heterocycles. The molecule has 0 aromatic carbocycles. The first-order valence-corrected chi connectivity index (χ1v) is 10.3. The second-order valence-corrected chi connectivity index (χ2v) is 7.67. The van der Waals surface area contributed by atoms with Crippen molar-refractivity contribution in [2.24, 2.45) is 0 Å². The molecule has 1 N–H and O–H groups in total. The molecule has 0 unspecified atom stereocenters. The molecule has 2 saturated heterocycles. The Morgan fingerprint density at radius 3 is 2.55 bits per heavy atom. The van der Waals surface area contributed by atoms with Crippen LogP contribution in [0.3, 0.4) is 0 Å². The van der Waals surface area contributed by atoms with Crippen molar-refractivity contribution in [3.05, 3.63) is 35.8 Å². The van der Waals surface area contributed by atoms with Crippen molar-refractivity contribution in [1.29, 1.82) is 0 Å². The van der Waals surface area contributed by atoms with Gasteiger partial charge < -0.3 is 24.2 Å². The van der Waals surface area contributed by atoms with E-state index in [1.165, 1.54) is 0 Å². The highest BCUT2D eigenvalue weighted by atomic mass is 16.5. The van der Waals surface area contributed by atoms with Crippen LogP contribution < -0.4 is 4.90 Å². The van der Waals surface area contributed by atoms with Gasteiger partial charge in [0.1, 0.15) is 0 Å². The summed E-state index contributed by atoms with van der Waals surface area (Å²) in [5.41, 5.74) is 2.48. The molecule has 0 radical (unpaired) electrons. The standard InChI is InChI=1S/C21H25N5O5/c1-14-12-17(31-24-14)16-13-22-21(26-8-10-30-11-9-26)23-20(16)15-4-6-25(7-5-15)18(27)2-3-19(28)29/h2-3,12-13,15H,4-11H2,1H3,(H,28,29). The van der Waals surface area contributed by atoms with Gasteiger partial charge in [0.05, 0.1) is 30.2 Å². The molecule has 0 saturated carbocycles. The lowest BCUT2D eigenvalue weighted by Crippen LogP contribution is -2.38. The number of piperidine rings is 1. The molecular formula is C21H25N5O5. The Morgan fingerprint density at radius 2 is 1.90 bits per heavy atom. The van der Waals surface area contributed by atoms with Crippen LogP contribution in [0.1, 0.15) is 30.1 Å². The van der Waals surface area contributed by atoms with Crippen LogP contribution in [0.4, 0.5) is 5.95 Å². The SMILES string of the molecule is Cc1cc(-c2cnc(N3CCOCC3)nc2C2CCN(C(=O)C=CC(=O)O)CC2)on1. The molecule has 0 bridgehead atoms. The monoisotopic (exact) mass is 427 g/mol. The van der Waals surface area contributed by atoms with Gasteiger partial charge in [-0.15, -0.1) is 0 Å². The van der Waals surface area contributed by atoms with Crippen molar-refractivity contribution in [3.8, 4) is 11.3 Å². The molecule has 31 heavy (non-hydrogen) atoms. The van der Waals surface area contributed by atoms with Gasteiger partial charge >= 0.3 is 5.97 Å². The number of morpholine rings is 1. The van der Waals surface area contributed by atoms with E-state index in [9.17, 15) is 9.59 Å². The summed E-state index contributed by atoms with van der Waals surface area (Å²) in [4.78, 5) is 36.1. The number of carboxylic acid groups (broad SMARTS) is 1. The van der Waals surface area contributed by atoms with Crippen LogP contribution in [0.15, 0.2) is 28.9 Å². The third-order valence-corrected chi connectivity index (χ3v) is 5.55. The highest BCUT2D eigenvalue weighted by Crippen LogP contribution is 2.35. The lowest BCUT2D eigenvalue weighted by Gasteiger charge is -2.32. The van der Waals surface area contributed by atoms with Crippen molar-refractivity contribution in [2.45, 2.75) is 25.7 Å². The Bertz CT molecular complexity index is 974. The van der Waals surface area contributed by atoms with Gasteiger partial charge in [-0.2, -0.15) is 0 Å². The van der Waals surface area contributed by atoms with Crippen LogP contribution in [0.25, 0.3) is 11.3 Å². The minimum absolute atomic E-state index is 0.121. The minimum atomic E-state index is -1.13. The molecule has 164 valence electrons. The van der Waals surface area contributed by atoms with Gasteiger partial charge in [-0.3, -0.25) is 4.79 Å². The summed E-state index contributed by atoms with van der Waals surface area (Å²) in [6.07, 6.45) is 5.20. The Morgan fingerprint density at radius 1 is 1.16 bits per heavy atom. The molecule has 2 aromatic rings. The van der Waals surface area contributed by atoms with E-state index in [2.05, 4.69) is 15.0 Å². The lowest BCUT2D eigenvalue weighted by atomic mass is 9.90. The fourth-order valence-electron chi connectivity index (χ4n) is 3.91. The maximum Gasteiger partial charge on any atom is 0.328 e. The zero-order chi connectivity index (χ0) is 21.8. The molecule has 2 fully saturated rings. The zero-order valence-electron chi connectivity index (χ0n) is 17.4. The molecule has 2 aliphatic rings. The van der Waals surface area contributed by atoms with Crippen molar-refractivity contribution in [3.63, 3.8) is 0 Å². The zero-order valence-corrected chi connectivity index (χ0v) is 17.4. The summed E-state index contributed by atoms with van der Waals surface area (Å²) < 4.78 is 10.9. The van der Waals surface area contributed by atoms with Gasteiger partial charge in [0.15, 0.2) is 5.76 Å². The van der Waals surface area contributed by atoms with E-state index in [0.29, 0.717) is 50.9 Å². The van der Waals surface area contributed by atoms with Crippen LogP contribution in [-0.2, 0) is 14.3 Å². The number of aliphatic carboxylic acids is 1. The van der Waals surface area contributed by atoms with E-state index in [1.54, 1.807) is 11.1 Å². The molecule has 10 nitrogen and oxygen atoms in total. The van der Waals surface area contributed by atoms with Gasteiger partial charge in [0, 0.05) is 56.5 Å². The fourth-order valence-corrected chi connectivity index (χ4v) is 3.91. The third kappa shape index (κ3) is 4.91. The van der Waals surface area contributed by atoms with Crippen LogP contribution in [0, 0.1) is 6.92 Å². The third-order valence-electron chi connectivity index (χ3n) is 5.55. The average molecular weight is 427 g/mol. The van der Waals surface area contributed by atoms with Gasteiger partial charge in [0.2, 0.25) is 11.9 Å². The Labute approximate surface area is 179 Å². The number of likely N-dealkylation sites (tertiary alicyclic amines) is 1. The van der Waals surface area contributed by atoms with Gasteiger partial charge in [-0.05, 0) is 19.8 Å². The number of amides is 1. The number of ether oxygens (including phenoxy) is 1. The van der Waals surface area contributed by atoms with Gasteiger partial charge in [0.25, 0.3) is 0 Å². The van der Waals surface area contributed by atoms with Crippen molar-refractivity contribution in [1.82, 2.24) is 20.0 Å². The van der Waals surface area contributed by atoms with Crippen LogP contribution in [-0.4, -0.2) is 76.4 Å². The summed E-state index contributed by atoms with van der Waals surface area (Å²) in [5, 5.41) is 12.7. The first-order valence-electron chi connectivity index (χ1n) is 10.3. The Balaban J connectivity index is 1.57. The van der Waals surface area contributed by atoms with E-state index in [-0.39, 0.29) is 11.8 Å². The van der Waals surface area contributed by atoms with Crippen LogP contribution in [0.2, 0.25) is 0 Å². The first-order chi connectivity index (χ1) is 15.0. The van der Waals surface area contributed by atoms with Gasteiger partial charge in [-0.1, -0.05) is 5.16 Å². The second-order valence-electron chi connectivity index (χ2n) is 7.67. The number of anilines is 1. The number of hydrogen-bond acceptors (Lipinski definition) is 8. The van der Waals surface area contributed by atoms with Crippen LogP contribution in [0.5, 0.6) is 0 Å². The van der Waals surface area contributed by atoms with E-state index in [4.69, 9.17) is 19.4 Å². The topological polar surface area (TPSA) is 122 Å². The Kier molecular flexibility index (Phi) is 6.26. The number of aromatic nitrogens is 3. The first kappa shape index (κ1) is 21.0. The number of aryl methyl sites for hydroxylation is 1. The fraction of sp³-hybridized carbons (Fsp3) is 0.476. The summed E-state index contributed by atoms with van der Waals surface area (Å²) in [6, 6.07) is 1.87. The van der Waals surface area contributed by atoms with E-state index in [1.807, 2.05) is 13.0 Å². The highest BCUT2D eigenvalue weighted by molar-refractivity contribution is 5.93. The van der Waals surface area contributed by atoms with E-state index >= 15 is 0 Å². The summed E-state index contributed by atoms with van der Waals surface area (Å²) >= 11 is 0. The Hall–Kier alpha value is -3.27. The molecule has 0 spiro atoms. The molecule has 2 aromatic heterocycles. The summed E-state index contributed by atoms with van der Waals surface area (Å²) in [7, 11) is 0. The number of carboxylic acids is 1. The number of nitrogens with zero attached hydrogens (tertiary/aromatic N) is 5. The predicted molar refractivity (Wildman–Crippen MR) is 111 cm³/mol. The minimum Gasteiger partial charge on any atom is -0.478 e. The quantitative estimate of drug-likeness (QED) is 0.709. The second kappa shape index (κ2) is 9.25. The van der Waals surface area contributed by atoms with Gasteiger partial charge in [-0.25, -0.2) is 14.8 Å². The van der Waals surface area contributed by atoms with E-state index < -0.39 is 5.97 Å². The molecule has 0 atom stereocenters. The molecular weight excluding hydrogens is 402 g/mol. The predicted octanol–water partition coefficient (Wildman–Crippen LogP) is 1.62. The van der Waals surface area contributed by atoms with Crippen molar-refractivity contribution in [2.75, 3.05) is 44.3 Å². The molecule has 0 aliphatic carbocycles. The largest absolute Gasteiger partial charge is 0.478 e. The van der Waals surface area contributed by atoms with Crippen LogP contribution >= 0.6 is 0 Å². The average Bonchev–Trinajstić information content (AvgIpc) is 3.24. The number of rotatable bonds is 5. The number of carbonyl (C=O) groups is 2. The molecule has 10 heteroatoms. The van der Waals surface area contributed by atoms with Crippen molar-refractivity contribution >= 4 is 17.8 Å². The van der Waals surface area contributed by atoms with E-state index in [0.717, 1.165) is 42.2 Å².